The molecule has 2 rings (SSSR count). The van der Waals surface area contributed by atoms with Crippen molar-refractivity contribution in [2.45, 2.75) is 6.54 Å². The van der Waals surface area contributed by atoms with Crippen LogP contribution < -0.4 is 0 Å². The predicted molar refractivity (Wildman–Crippen MR) is 73.9 cm³/mol. The average molecular weight is 330 g/mol. The second kappa shape index (κ2) is 5.12. The number of carbonyl (C=O) groups is 1. The number of hydrogen-bond acceptors (Lipinski definition) is 2. The molecule has 18 heavy (non-hydrogen) atoms. The maximum atomic E-state index is 10.8. The number of rotatable bonds is 2. The van der Waals surface area contributed by atoms with E-state index in [1.54, 1.807) is 12.3 Å². The molecule has 0 saturated carbocycles. The third kappa shape index (κ3) is 2.42. The number of hydrogen-bond donors (Lipinski definition) is 1. The van der Waals surface area contributed by atoms with Crippen molar-refractivity contribution in [1.82, 2.24) is 9.88 Å². The van der Waals surface area contributed by atoms with Crippen molar-refractivity contribution in [3.05, 3.63) is 39.5 Å². The van der Waals surface area contributed by atoms with Crippen molar-refractivity contribution in [3.63, 3.8) is 0 Å². The Morgan fingerprint density at radius 3 is 3.00 bits per heavy atom. The Hall–Kier alpha value is -1.33. The van der Waals surface area contributed by atoms with Crippen LogP contribution in [0.4, 0.5) is 4.79 Å². The smallest absolute Gasteiger partial charge is 0.407 e. The minimum atomic E-state index is -0.982. The van der Waals surface area contributed by atoms with Gasteiger partial charge in [-0.2, -0.15) is 0 Å². The van der Waals surface area contributed by atoms with E-state index in [4.69, 9.17) is 16.7 Å². The molecule has 6 heteroatoms. The number of benzene rings is 1. The minimum Gasteiger partial charge on any atom is -0.465 e. The monoisotopic (exact) mass is 328 g/mol. The molecule has 2 aromatic rings. The molecule has 0 spiro atoms. The van der Waals surface area contributed by atoms with Gasteiger partial charge in [-0.15, -0.1) is 0 Å². The lowest BCUT2D eigenvalue weighted by atomic mass is 10.1. The van der Waals surface area contributed by atoms with Gasteiger partial charge >= 0.3 is 6.09 Å². The highest BCUT2D eigenvalue weighted by atomic mass is 79.9. The van der Waals surface area contributed by atoms with Gasteiger partial charge in [0.1, 0.15) is 0 Å². The van der Waals surface area contributed by atoms with E-state index >= 15 is 0 Å². The van der Waals surface area contributed by atoms with Crippen LogP contribution in [-0.2, 0) is 6.54 Å². The molecule has 0 saturated heterocycles. The second-order valence-electron chi connectivity index (χ2n) is 3.87. The first kappa shape index (κ1) is 13.1. The Morgan fingerprint density at radius 2 is 2.33 bits per heavy atom. The number of fused-ring (bicyclic) bond motifs is 1. The fourth-order valence-corrected chi connectivity index (χ4v) is 2.51. The van der Waals surface area contributed by atoms with Crippen LogP contribution in [0.2, 0.25) is 5.02 Å². The first-order valence-electron chi connectivity index (χ1n) is 5.16. The van der Waals surface area contributed by atoms with E-state index in [0.717, 1.165) is 15.4 Å². The zero-order valence-corrected chi connectivity index (χ0v) is 11.9. The third-order valence-electron chi connectivity index (χ3n) is 2.59. The lowest BCUT2D eigenvalue weighted by molar-refractivity contribution is 0.153. The zero-order valence-electron chi connectivity index (χ0n) is 9.52. The summed E-state index contributed by atoms with van der Waals surface area (Å²) < 4.78 is 0.822. The van der Waals surface area contributed by atoms with E-state index in [9.17, 15) is 4.79 Å². The van der Waals surface area contributed by atoms with Gasteiger partial charge in [-0.25, -0.2) is 4.79 Å². The van der Waals surface area contributed by atoms with E-state index in [1.807, 2.05) is 12.1 Å². The van der Waals surface area contributed by atoms with Crippen LogP contribution in [0.1, 0.15) is 5.56 Å². The number of nitrogens with zero attached hydrogens (tertiary/aromatic N) is 2. The SMILES string of the molecule is CN(Cc1cc(Cl)c2ncccc2c1Br)C(=O)O. The molecule has 0 unspecified atom stereocenters. The van der Waals surface area contributed by atoms with Crippen LogP contribution in [0.15, 0.2) is 28.9 Å². The molecular formula is C12H10BrClN2O2. The summed E-state index contributed by atoms with van der Waals surface area (Å²) >= 11 is 9.62. The minimum absolute atomic E-state index is 0.264. The Labute approximate surface area is 117 Å². The highest BCUT2D eigenvalue weighted by Crippen LogP contribution is 2.32. The molecular weight excluding hydrogens is 320 g/mol. The summed E-state index contributed by atoms with van der Waals surface area (Å²) in [7, 11) is 1.51. The molecule has 4 nitrogen and oxygen atoms in total. The van der Waals surface area contributed by atoms with E-state index in [2.05, 4.69) is 20.9 Å². The van der Waals surface area contributed by atoms with Gasteiger partial charge in [-0.1, -0.05) is 17.7 Å². The summed E-state index contributed by atoms with van der Waals surface area (Å²) in [6.45, 7) is 0.264. The lowest BCUT2D eigenvalue weighted by Gasteiger charge is -2.15. The van der Waals surface area contributed by atoms with Gasteiger partial charge < -0.3 is 10.0 Å². The molecule has 1 heterocycles. The largest absolute Gasteiger partial charge is 0.465 e. The number of pyridine rings is 1. The van der Waals surface area contributed by atoms with Gasteiger partial charge in [0.05, 0.1) is 10.5 Å². The molecule has 0 aliphatic heterocycles. The Morgan fingerprint density at radius 1 is 1.61 bits per heavy atom. The summed E-state index contributed by atoms with van der Waals surface area (Å²) in [6.07, 6.45) is 0.688. The van der Waals surface area contributed by atoms with Gasteiger partial charge in [0.15, 0.2) is 0 Å². The summed E-state index contributed by atoms with van der Waals surface area (Å²) in [5.41, 5.74) is 1.51. The van der Waals surface area contributed by atoms with Crippen LogP contribution in [0.5, 0.6) is 0 Å². The average Bonchev–Trinajstić information content (AvgIpc) is 2.35. The second-order valence-corrected chi connectivity index (χ2v) is 5.07. The molecule has 1 aromatic carbocycles. The maximum Gasteiger partial charge on any atom is 0.407 e. The molecule has 0 aliphatic carbocycles. The van der Waals surface area contributed by atoms with Crippen molar-refractivity contribution >= 4 is 44.5 Å². The van der Waals surface area contributed by atoms with Crippen molar-refractivity contribution < 1.29 is 9.90 Å². The molecule has 1 N–H and O–H groups in total. The van der Waals surface area contributed by atoms with Crippen molar-refractivity contribution in [3.8, 4) is 0 Å². The highest BCUT2D eigenvalue weighted by Gasteiger charge is 2.13. The molecule has 1 aromatic heterocycles. The topological polar surface area (TPSA) is 53.4 Å². The number of aromatic nitrogens is 1. The summed E-state index contributed by atoms with van der Waals surface area (Å²) in [5.74, 6) is 0. The van der Waals surface area contributed by atoms with Gasteiger partial charge in [0.2, 0.25) is 0 Å². The summed E-state index contributed by atoms with van der Waals surface area (Å²) in [4.78, 5) is 16.2. The summed E-state index contributed by atoms with van der Waals surface area (Å²) in [6, 6.07) is 5.44. The Bertz CT molecular complexity index is 618. The maximum absolute atomic E-state index is 10.8. The van der Waals surface area contributed by atoms with Gasteiger partial charge in [-0.3, -0.25) is 4.98 Å². The molecule has 0 radical (unpaired) electrons. The Balaban J connectivity index is 2.53. The van der Waals surface area contributed by atoms with Crippen LogP contribution in [0.3, 0.4) is 0 Å². The zero-order chi connectivity index (χ0) is 13.3. The van der Waals surface area contributed by atoms with Crippen molar-refractivity contribution in [1.29, 1.82) is 0 Å². The molecule has 1 amide bonds. The van der Waals surface area contributed by atoms with Crippen LogP contribution >= 0.6 is 27.5 Å². The lowest BCUT2D eigenvalue weighted by Crippen LogP contribution is -2.24. The number of carboxylic acid groups (broad SMARTS) is 1. The molecule has 0 atom stereocenters. The van der Waals surface area contributed by atoms with Gasteiger partial charge in [0.25, 0.3) is 0 Å². The predicted octanol–water partition coefficient (Wildman–Crippen LogP) is 3.76. The van der Waals surface area contributed by atoms with E-state index in [1.165, 1.54) is 11.9 Å². The van der Waals surface area contributed by atoms with Crippen LogP contribution in [0.25, 0.3) is 10.9 Å². The fraction of sp³-hybridized carbons (Fsp3) is 0.167. The fourth-order valence-electron chi connectivity index (χ4n) is 1.67. The molecule has 0 fully saturated rings. The Kier molecular flexibility index (Phi) is 3.73. The molecule has 94 valence electrons. The number of halogens is 2. The normalized spacial score (nSPS) is 10.6. The van der Waals surface area contributed by atoms with E-state index in [-0.39, 0.29) is 6.54 Å². The molecule has 0 aliphatic rings. The third-order valence-corrected chi connectivity index (χ3v) is 3.81. The number of amides is 1. The first-order valence-corrected chi connectivity index (χ1v) is 6.33. The van der Waals surface area contributed by atoms with Crippen molar-refractivity contribution in [2.75, 3.05) is 7.05 Å². The van der Waals surface area contributed by atoms with Crippen molar-refractivity contribution in [2.24, 2.45) is 0 Å². The van der Waals surface area contributed by atoms with Crippen LogP contribution in [0, 0.1) is 0 Å². The van der Waals surface area contributed by atoms with Crippen LogP contribution in [-0.4, -0.2) is 28.1 Å². The quantitative estimate of drug-likeness (QED) is 0.912. The molecule has 0 bridgehead atoms. The highest BCUT2D eigenvalue weighted by molar-refractivity contribution is 9.10. The van der Waals surface area contributed by atoms with E-state index in [0.29, 0.717) is 10.5 Å². The standard InChI is InChI=1S/C12H10BrClN2O2/c1-16(12(17)18)6-7-5-9(14)11-8(10(7)13)3-2-4-15-11/h2-5H,6H2,1H3,(H,17,18). The van der Waals surface area contributed by atoms with Gasteiger partial charge in [-0.05, 0) is 33.6 Å². The summed E-state index contributed by atoms with van der Waals surface area (Å²) in [5, 5.41) is 10.3. The first-order chi connectivity index (χ1) is 8.50. The van der Waals surface area contributed by atoms with Gasteiger partial charge in [0, 0.05) is 29.6 Å². The van der Waals surface area contributed by atoms with E-state index < -0.39 is 6.09 Å².